The van der Waals surface area contributed by atoms with Crippen molar-refractivity contribution in [1.29, 1.82) is 0 Å². The lowest BCUT2D eigenvalue weighted by molar-refractivity contribution is -0.180. The van der Waals surface area contributed by atoms with Gasteiger partial charge in [0.05, 0.1) is 26.0 Å². The summed E-state index contributed by atoms with van der Waals surface area (Å²) in [6.07, 6.45) is 3.41. The van der Waals surface area contributed by atoms with Crippen LogP contribution < -0.4 is 5.32 Å². The van der Waals surface area contributed by atoms with Gasteiger partial charge in [0.25, 0.3) is 0 Å². The van der Waals surface area contributed by atoms with E-state index in [-0.39, 0.29) is 5.79 Å². The van der Waals surface area contributed by atoms with Gasteiger partial charge in [0.1, 0.15) is 5.76 Å². The van der Waals surface area contributed by atoms with E-state index in [1.54, 1.807) is 6.26 Å². The highest BCUT2D eigenvalue weighted by Crippen LogP contribution is 2.31. The maximum absolute atomic E-state index is 5.70. The Morgan fingerprint density at radius 1 is 1.32 bits per heavy atom. The van der Waals surface area contributed by atoms with Crippen LogP contribution in [0.3, 0.4) is 0 Å². The van der Waals surface area contributed by atoms with Crippen LogP contribution in [0.2, 0.25) is 0 Å². The van der Waals surface area contributed by atoms with E-state index in [0.717, 1.165) is 36.8 Å². The molecule has 2 aliphatic rings. The molecule has 0 amide bonds. The zero-order valence-corrected chi connectivity index (χ0v) is 11.6. The van der Waals surface area contributed by atoms with Crippen molar-refractivity contribution in [2.45, 2.75) is 25.2 Å². The number of ether oxygens (including phenoxy) is 2. The molecule has 0 radical (unpaired) electrons. The molecule has 1 aromatic rings. The third-order valence-electron chi connectivity index (χ3n) is 3.62. The van der Waals surface area contributed by atoms with Crippen molar-refractivity contribution in [2.75, 3.05) is 26.3 Å². The molecule has 2 aliphatic heterocycles. The SMILES string of the molecule is S=C(NCc1ccco1)N1CCC2(CC1)OCCO2. The quantitative estimate of drug-likeness (QED) is 0.829. The molecule has 2 saturated heterocycles. The largest absolute Gasteiger partial charge is 0.467 e. The minimum atomic E-state index is -0.340. The second-order valence-electron chi connectivity index (χ2n) is 4.83. The predicted octanol–water partition coefficient (Wildman–Crippen LogP) is 1.49. The highest BCUT2D eigenvalue weighted by molar-refractivity contribution is 7.80. The summed E-state index contributed by atoms with van der Waals surface area (Å²) in [4.78, 5) is 2.16. The van der Waals surface area contributed by atoms with E-state index in [2.05, 4.69) is 10.2 Å². The van der Waals surface area contributed by atoms with Gasteiger partial charge in [-0.3, -0.25) is 0 Å². The van der Waals surface area contributed by atoms with E-state index in [4.69, 9.17) is 26.1 Å². The standard InChI is InChI=1S/C13H18N2O3S/c19-12(14-10-11-2-1-7-16-11)15-5-3-13(4-6-15)17-8-9-18-13/h1-2,7H,3-6,8-10H2,(H,14,19). The Kier molecular flexibility index (Phi) is 3.72. The third kappa shape index (κ3) is 2.91. The average Bonchev–Trinajstić information content (AvgIpc) is 3.09. The van der Waals surface area contributed by atoms with Crippen LogP contribution in [-0.4, -0.2) is 42.1 Å². The van der Waals surface area contributed by atoms with Gasteiger partial charge in [0.2, 0.25) is 0 Å². The van der Waals surface area contributed by atoms with Gasteiger partial charge in [-0.15, -0.1) is 0 Å². The van der Waals surface area contributed by atoms with Crippen LogP contribution in [-0.2, 0) is 16.0 Å². The topological polar surface area (TPSA) is 46.9 Å². The number of thiocarbonyl (C=S) groups is 1. The fraction of sp³-hybridized carbons (Fsp3) is 0.615. The minimum Gasteiger partial charge on any atom is -0.467 e. The highest BCUT2D eigenvalue weighted by atomic mass is 32.1. The maximum atomic E-state index is 5.70. The van der Waals surface area contributed by atoms with E-state index in [9.17, 15) is 0 Å². The molecule has 2 fully saturated rings. The van der Waals surface area contributed by atoms with Crippen molar-refractivity contribution >= 4 is 17.3 Å². The summed E-state index contributed by atoms with van der Waals surface area (Å²) in [5.74, 6) is 0.547. The first kappa shape index (κ1) is 12.9. The molecule has 104 valence electrons. The minimum absolute atomic E-state index is 0.340. The maximum Gasteiger partial charge on any atom is 0.171 e. The molecular formula is C13H18N2O3S. The van der Waals surface area contributed by atoms with Crippen molar-refractivity contribution in [3.63, 3.8) is 0 Å². The van der Waals surface area contributed by atoms with E-state index in [1.165, 1.54) is 0 Å². The van der Waals surface area contributed by atoms with Crippen LogP contribution in [0.5, 0.6) is 0 Å². The monoisotopic (exact) mass is 282 g/mol. The molecule has 6 heteroatoms. The van der Waals surface area contributed by atoms with E-state index >= 15 is 0 Å². The molecule has 3 heterocycles. The zero-order valence-electron chi connectivity index (χ0n) is 10.8. The second-order valence-corrected chi connectivity index (χ2v) is 5.22. The van der Waals surface area contributed by atoms with Gasteiger partial charge in [-0.2, -0.15) is 0 Å². The first-order chi connectivity index (χ1) is 9.27. The summed E-state index contributed by atoms with van der Waals surface area (Å²) in [7, 11) is 0. The van der Waals surface area contributed by atoms with Crippen molar-refractivity contribution in [3.8, 4) is 0 Å². The first-order valence-corrected chi connectivity index (χ1v) is 7.01. The van der Waals surface area contributed by atoms with Gasteiger partial charge >= 0.3 is 0 Å². The third-order valence-corrected chi connectivity index (χ3v) is 4.02. The van der Waals surface area contributed by atoms with Gasteiger partial charge < -0.3 is 24.1 Å². The molecule has 0 saturated carbocycles. The first-order valence-electron chi connectivity index (χ1n) is 6.61. The van der Waals surface area contributed by atoms with Crippen molar-refractivity contribution in [1.82, 2.24) is 10.2 Å². The molecule has 0 atom stereocenters. The molecular weight excluding hydrogens is 264 g/mol. The van der Waals surface area contributed by atoms with Crippen LogP contribution in [0.25, 0.3) is 0 Å². The fourth-order valence-corrected chi connectivity index (χ4v) is 2.78. The molecule has 3 rings (SSSR count). The van der Waals surface area contributed by atoms with Crippen LogP contribution in [0.4, 0.5) is 0 Å². The molecule has 1 spiro atoms. The molecule has 0 unspecified atom stereocenters. The van der Waals surface area contributed by atoms with Gasteiger partial charge in [0.15, 0.2) is 10.9 Å². The summed E-state index contributed by atoms with van der Waals surface area (Å²) in [5, 5.41) is 3.98. The number of hydrogen-bond acceptors (Lipinski definition) is 4. The Bertz CT molecular complexity index is 419. The van der Waals surface area contributed by atoms with Crippen molar-refractivity contribution in [3.05, 3.63) is 24.2 Å². The Balaban J connectivity index is 1.46. The molecule has 1 aromatic heterocycles. The predicted molar refractivity (Wildman–Crippen MR) is 73.6 cm³/mol. The number of nitrogens with one attached hydrogen (secondary N) is 1. The van der Waals surface area contributed by atoms with Gasteiger partial charge in [-0.25, -0.2) is 0 Å². The van der Waals surface area contributed by atoms with Gasteiger partial charge in [-0.05, 0) is 24.4 Å². The highest BCUT2D eigenvalue weighted by Gasteiger charge is 2.40. The molecule has 0 aromatic carbocycles. The van der Waals surface area contributed by atoms with Crippen LogP contribution >= 0.6 is 12.2 Å². The Morgan fingerprint density at radius 2 is 2.05 bits per heavy atom. The summed E-state index contributed by atoms with van der Waals surface area (Å²) in [5.41, 5.74) is 0. The number of rotatable bonds is 2. The van der Waals surface area contributed by atoms with Gasteiger partial charge in [0, 0.05) is 25.9 Å². The van der Waals surface area contributed by atoms with Crippen molar-refractivity contribution < 1.29 is 13.9 Å². The number of furan rings is 1. The summed E-state index contributed by atoms with van der Waals surface area (Å²) in [6.45, 7) is 3.77. The fourth-order valence-electron chi connectivity index (χ4n) is 2.52. The number of nitrogens with zero attached hydrogens (tertiary/aromatic N) is 1. The van der Waals surface area contributed by atoms with Gasteiger partial charge in [-0.1, -0.05) is 0 Å². The molecule has 0 aliphatic carbocycles. The Morgan fingerprint density at radius 3 is 2.68 bits per heavy atom. The van der Waals surface area contributed by atoms with E-state index in [0.29, 0.717) is 19.8 Å². The smallest absolute Gasteiger partial charge is 0.171 e. The lowest BCUT2D eigenvalue weighted by Crippen LogP contribution is -2.50. The molecule has 0 bridgehead atoms. The van der Waals surface area contributed by atoms with Crippen LogP contribution in [0.15, 0.2) is 22.8 Å². The zero-order chi connectivity index (χ0) is 13.1. The lowest BCUT2D eigenvalue weighted by Gasteiger charge is -2.38. The van der Waals surface area contributed by atoms with Crippen molar-refractivity contribution in [2.24, 2.45) is 0 Å². The average molecular weight is 282 g/mol. The lowest BCUT2D eigenvalue weighted by atomic mass is 10.0. The number of likely N-dealkylation sites (tertiary alicyclic amines) is 1. The molecule has 19 heavy (non-hydrogen) atoms. The number of hydrogen-bond donors (Lipinski definition) is 1. The summed E-state index contributed by atoms with van der Waals surface area (Å²) < 4.78 is 16.7. The number of piperidine rings is 1. The second kappa shape index (κ2) is 5.48. The van der Waals surface area contributed by atoms with Crippen LogP contribution in [0.1, 0.15) is 18.6 Å². The normalized spacial score (nSPS) is 21.8. The summed E-state index contributed by atoms with van der Waals surface area (Å²) >= 11 is 5.40. The summed E-state index contributed by atoms with van der Waals surface area (Å²) in [6, 6.07) is 3.81. The Labute approximate surface area is 117 Å². The van der Waals surface area contributed by atoms with E-state index < -0.39 is 0 Å². The van der Waals surface area contributed by atoms with E-state index in [1.807, 2.05) is 12.1 Å². The van der Waals surface area contributed by atoms with Crippen LogP contribution in [0, 0.1) is 0 Å². The molecule has 5 nitrogen and oxygen atoms in total. The Hall–Kier alpha value is -1.11. The molecule has 1 N–H and O–H groups in total.